The lowest BCUT2D eigenvalue weighted by Gasteiger charge is -2.31. The Balaban J connectivity index is 1.96. The molecular weight excluding hydrogens is 292 g/mol. The van der Waals surface area contributed by atoms with Crippen LogP contribution in [-0.4, -0.2) is 41.0 Å². The van der Waals surface area contributed by atoms with Gasteiger partial charge < -0.3 is 10.4 Å². The minimum absolute atomic E-state index is 0.0537. The Bertz CT molecular complexity index is 515. The second kappa shape index (κ2) is 7.43. The summed E-state index contributed by atoms with van der Waals surface area (Å²) in [7, 11) is 0. The molecular formula is C15H19ClN2O3. The van der Waals surface area contributed by atoms with Crippen molar-refractivity contribution in [1.82, 2.24) is 4.90 Å². The molecule has 1 aromatic rings. The predicted octanol–water partition coefficient (Wildman–Crippen LogP) is 2.61. The number of rotatable bonds is 5. The van der Waals surface area contributed by atoms with Gasteiger partial charge in [0.05, 0.1) is 6.42 Å². The van der Waals surface area contributed by atoms with Crippen LogP contribution >= 0.6 is 11.6 Å². The van der Waals surface area contributed by atoms with Gasteiger partial charge >= 0.3 is 5.97 Å². The summed E-state index contributed by atoms with van der Waals surface area (Å²) in [5.41, 5.74) is 0.579. The van der Waals surface area contributed by atoms with Crippen molar-refractivity contribution < 1.29 is 14.7 Å². The molecule has 0 aromatic heterocycles. The smallest absolute Gasteiger partial charge is 0.321 e. The van der Waals surface area contributed by atoms with Crippen LogP contribution in [0.3, 0.4) is 0 Å². The first-order valence-corrected chi connectivity index (χ1v) is 7.46. The number of likely N-dealkylation sites (tertiary alicyclic amines) is 1. The molecule has 0 aliphatic carbocycles. The van der Waals surface area contributed by atoms with Crippen LogP contribution in [0.25, 0.3) is 0 Å². The maximum atomic E-state index is 12.0. The van der Waals surface area contributed by atoms with Crippen LogP contribution in [0.2, 0.25) is 5.02 Å². The molecule has 6 heteroatoms. The third-order valence-electron chi connectivity index (χ3n) is 3.60. The van der Waals surface area contributed by atoms with Crippen LogP contribution in [0.15, 0.2) is 24.3 Å². The Morgan fingerprint density at radius 2 is 2.00 bits per heavy atom. The summed E-state index contributed by atoms with van der Waals surface area (Å²) in [6.45, 7) is 1.48. The Morgan fingerprint density at radius 3 is 2.62 bits per heavy atom. The number of hydrogen-bond donors (Lipinski definition) is 2. The number of hydrogen-bond acceptors (Lipinski definition) is 3. The number of amides is 1. The average Bonchev–Trinajstić information content (AvgIpc) is 2.45. The summed E-state index contributed by atoms with van der Waals surface area (Å²) in [6, 6.07) is 6.04. The molecule has 1 saturated heterocycles. The highest BCUT2D eigenvalue weighted by Crippen LogP contribution is 2.17. The third-order valence-corrected chi connectivity index (χ3v) is 3.84. The zero-order valence-corrected chi connectivity index (χ0v) is 12.5. The fraction of sp³-hybridized carbons (Fsp3) is 0.467. The van der Waals surface area contributed by atoms with Crippen LogP contribution in [0.1, 0.15) is 25.7 Å². The first kappa shape index (κ1) is 15.8. The second-order valence-electron chi connectivity index (χ2n) is 5.21. The molecule has 2 rings (SSSR count). The Kier molecular flexibility index (Phi) is 5.59. The van der Waals surface area contributed by atoms with Crippen molar-refractivity contribution in [1.29, 1.82) is 0 Å². The molecule has 0 bridgehead atoms. The number of nitrogens with zero attached hydrogens (tertiary/aromatic N) is 1. The number of anilines is 1. The van der Waals surface area contributed by atoms with Crippen LogP contribution < -0.4 is 5.32 Å². The van der Waals surface area contributed by atoms with Crippen LogP contribution in [0.4, 0.5) is 5.69 Å². The summed E-state index contributed by atoms with van der Waals surface area (Å²) in [4.78, 5) is 25.3. The fourth-order valence-corrected chi connectivity index (χ4v) is 2.75. The molecule has 1 aliphatic rings. The monoisotopic (exact) mass is 310 g/mol. The van der Waals surface area contributed by atoms with Crippen LogP contribution in [-0.2, 0) is 9.59 Å². The molecule has 0 saturated carbocycles. The normalized spacial score (nSPS) is 17.2. The fourth-order valence-electron chi connectivity index (χ4n) is 2.56. The van der Waals surface area contributed by atoms with Gasteiger partial charge in [0.15, 0.2) is 0 Å². The SMILES string of the molecule is O=C(C[C@@H](C(=O)O)N1CCCCC1)Nc1cccc(Cl)c1. The van der Waals surface area contributed by atoms with E-state index in [0.29, 0.717) is 10.7 Å². The van der Waals surface area contributed by atoms with Gasteiger partial charge in [0.2, 0.25) is 5.91 Å². The Labute approximate surface area is 128 Å². The first-order chi connectivity index (χ1) is 10.1. The molecule has 0 radical (unpaired) electrons. The van der Waals surface area contributed by atoms with Gasteiger partial charge in [-0.05, 0) is 44.1 Å². The van der Waals surface area contributed by atoms with E-state index in [4.69, 9.17) is 11.6 Å². The average molecular weight is 311 g/mol. The van der Waals surface area contributed by atoms with E-state index in [1.807, 2.05) is 4.90 Å². The molecule has 2 N–H and O–H groups in total. The molecule has 1 fully saturated rings. The molecule has 0 unspecified atom stereocenters. The van der Waals surface area contributed by atoms with Gasteiger partial charge in [-0.2, -0.15) is 0 Å². The third kappa shape index (κ3) is 4.72. The largest absolute Gasteiger partial charge is 0.480 e. The van der Waals surface area contributed by atoms with Crippen molar-refractivity contribution in [2.45, 2.75) is 31.7 Å². The minimum Gasteiger partial charge on any atom is -0.480 e. The number of halogens is 1. The molecule has 1 aliphatic heterocycles. The molecule has 21 heavy (non-hydrogen) atoms. The standard InChI is InChI=1S/C15H19ClN2O3/c16-11-5-4-6-12(9-11)17-14(19)10-13(15(20)21)18-7-2-1-3-8-18/h4-6,9,13H,1-3,7-8,10H2,(H,17,19)(H,20,21)/t13-/m0/s1. The summed E-state index contributed by atoms with van der Waals surface area (Å²) >= 11 is 5.85. The minimum atomic E-state index is -0.946. The molecule has 5 nitrogen and oxygen atoms in total. The van der Waals surface area contributed by atoms with Crippen molar-refractivity contribution in [3.05, 3.63) is 29.3 Å². The molecule has 114 valence electrons. The molecule has 1 amide bonds. The number of nitrogens with one attached hydrogen (secondary N) is 1. The van der Waals surface area contributed by atoms with Gasteiger partial charge in [0.1, 0.15) is 6.04 Å². The molecule has 1 heterocycles. The summed E-state index contributed by atoms with van der Waals surface area (Å²) < 4.78 is 0. The highest BCUT2D eigenvalue weighted by molar-refractivity contribution is 6.30. The first-order valence-electron chi connectivity index (χ1n) is 7.08. The van der Waals surface area contributed by atoms with Crippen molar-refractivity contribution in [2.24, 2.45) is 0 Å². The number of carbonyl (C=O) groups is 2. The highest BCUT2D eigenvalue weighted by atomic mass is 35.5. The number of aliphatic carboxylic acids is 1. The number of carboxylic acids is 1. The maximum absolute atomic E-state index is 12.0. The van der Waals surface area contributed by atoms with Crippen molar-refractivity contribution >= 4 is 29.2 Å². The van der Waals surface area contributed by atoms with E-state index in [-0.39, 0.29) is 12.3 Å². The molecule has 1 aromatic carbocycles. The number of piperidine rings is 1. The van der Waals surface area contributed by atoms with Crippen LogP contribution in [0, 0.1) is 0 Å². The van der Waals surface area contributed by atoms with Crippen molar-refractivity contribution in [2.75, 3.05) is 18.4 Å². The van der Waals surface area contributed by atoms with Gasteiger partial charge in [0, 0.05) is 10.7 Å². The van der Waals surface area contributed by atoms with E-state index >= 15 is 0 Å². The quantitative estimate of drug-likeness (QED) is 0.877. The van der Waals surface area contributed by atoms with Gasteiger partial charge in [-0.3, -0.25) is 14.5 Å². The zero-order chi connectivity index (χ0) is 15.2. The van der Waals surface area contributed by atoms with E-state index in [1.165, 1.54) is 0 Å². The van der Waals surface area contributed by atoms with Gasteiger partial charge in [-0.15, -0.1) is 0 Å². The predicted molar refractivity (Wildman–Crippen MR) is 81.5 cm³/mol. The second-order valence-corrected chi connectivity index (χ2v) is 5.65. The number of benzene rings is 1. The molecule has 1 atom stereocenters. The number of carbonyl (C=O) groups excluding carboxylic acids is 1. The highest BCUT2D eigenvalue weighted by Gasteiger charge is 2.29. The summed E-state index contributed by atoms with van der Waals surface area (Å²) in [5, 5.41) is 12.6. The van der Waals surface area contributed by atoms with Gasteiger partial charge in [-0.1, -0.05) is 24.1 Å². The Hall–Kier alpha value is -1.59. The van der Waals surface area contributed by atoms with Crippen molar-refractivity contribution in [3.8, 4) is 0 Å². The topological polar surface area (TPSA) is 69.6 Å². The molecule has 0 spiro atoms. The lowest BCUT2D eigenvalue weighted by molar-refractivity contribution is -0.145. The van der Waals surface area contributed by atoms with Gasteiger partial charge in [-0.25, -0.2) is 0 Å². The van der Waals surface area contributed by atoms with Crippen LogP contribution in [0.5, 0.6) is 0 Å². The van der Waals surface area contributed by atoms with Crippen molar-refractivity contribution in [3.63, 3.8) is 0 Å². The summed E-state index contributed by atoms with van der Waals surface area (Å²) in [5.74, 6) is -1.26. The van der Waals surface area contributed by atoms with Gasteiger partial charge in [0.25, 0.3) is 0 Å². The summed E-state index contributed by atoms with van der Waals surface area (Å²) in [6.07, 6.45) is 3.04. The lowest BCUT2D eigenvalue weighted by Crippen LogP contribution is -2.45. The number of carboxylic acid groups (broad SMARTS) is 1. The van der Waals surface area contributed by atoms with E-state index in [0.717, 1.165) is 32.4 Å². The van der Waals surface area contributed by atoms with E-state index < -0.39 is 12.0 Å². The van der Waals surface area contributed by atoms with E-state index in [1.54, 1.807) is 24.3 Å². The van der Waals surface area contributed by atoms with E-state index in [2.05, 4.69) is 5.32 Å². The Morgan fingerprint density at radius 1 is 1.29 bits per heavy atom. The van der Waals surface area contributed by atoms with E-state index in [9.17, 15) is 14.7 Å². The zero-order valence-electron chi connectivity index (χ0n) is 11.7. The maximum Gasteiger partial charge on any atom is 0.321 e. The lowest BCUT2D eigenvalue weighted by atomic mass is 10.1.